The molecule has 0 saturated carbocycles. The molecule has 14 heavy (non-hydrogen) atoms. The van der Waals surface area contributed by atoms with Crippen LogP contribution in [-0.4, -0.2) is 21.2 Å². The lowest BCUT2D eigenvalue weighted by Gasteiger charge is -2.07. The molecule has 0 fully saturated rings. The standard InChI is InChI=1S/C7H6F2N2O3/c8-6(9)5-3(7(13)14)4(10)2(12)1-11-5/h1,6,12H,(H2,10,11)(H,13,14). The first kappa shape index (κ1) is 10.2. The maximum atomic E-state index is 12.2. The van der Waals surface area contributed by atoms with Crippen molar-refractivity contribution in [2.75, 3.05) is 5.73 Å². The number of pyridine rings is 1. The number of carbonyl (C=O) groups is 1. The van der Waals surface area contributed by atoms with Crippen molar-refractivity contribution in [3.63, 3.8) is 0 Å². The quantitative estimate of drug-likeness (QED) is 0.667. The summed E-state index contributed by atoms with van der Waals surface area (Å²) in [4.78, 5) is 13.6. The fourth-order valence-electron chi connectivity index (χ4n) is 0.921. The molecule has 0 radical (unpaired) electrons. The summed E-state index contributed by atoms with van der Waals surface area (Å²) < 4.78 is 24.5. The van der Waals surface area contributed by atoms with Gasteiger partial charge in [0.1, 0.15) is 11.3 Å². The Morgan fingerprint density at radius 1 is 1.57 bits per heavy atom. The third kappa shape index (κ3) is 1.56. The first-order valence-corrected chi connectivity index (χ1v) is 3.44. The van der Waals surface area contributed by atoms with E-state index in [1.807, 2.05) is 0 Å². The number of halogens is 2. The molecule has 76 valence electrons. The molecule has 0 unspecified atom stereocenters. The van der Waals surface area contributed by atoms with Crippen molar-refractivity contribution in [1.82, 2.24) is 4.98 Å². The number of nitrogens with zero attached hydrogens (tertiary/aromatic N) is 1. The molecule has 0 saturated heterocycles. The van der Waals surface area contributed by atoms with Crippen LogP contribution in [0.3, 0.4) is 0 Å². The highest BCUT2D eigenvalue weighted by atomic mass is 19.3. The van der Waals surface area contributed by atoms with E-state index in [9.17, 15) is 13.6 Å². The lowest BCUT2D eigenvalue weighted by atomic mass is 10.1. The van der Waals surface area contributed by atoms with Gasteiger partial charge in [0.15, 0.2) is 5.75 Å². The summed E-state index contributed by atoms with van der Waals surface area (Å²) in [5.74, 6) is -2.28. The molecular weight excluding hydrogens is 198 g/mol. The Balaban J connectivity index is 3.45. The third-order valence-electron chi connectivity index (χ3n) is 1.55. The van der Waals surface area contributed by atoms with E-state index in [2.05, 4.69) is 4.98 Å². The van der Waals surface area contributed by atoms with E-state index in [1.165, 1.54) is 0 Å². The minimum Gasteiger partial charge on any atom is -0.504 e. The van der Waals surface area contributed by atoms with Crippen molar-refractivity contribution >= 4 is 11.7 Å². The number of hydrogen-bond acceptors (Lipinski definition) is 4. The molecule has 1 aromatic rings. The highest BCUT2D eigenvalue weighted by Gasteiger charge is 2.24. The first-order chi connectivity index (χ1) is 6.45. The summed E-state index contributed by atoms with van der Waals surface area (Å²) in [7, 11) is 0. The zero-order valence-corrected chi connectivity index (χ0v) is 6.74. The average molecular weight is 204 g/mol. The fraction of sp³-hybridized carbons (Fsp3) is 0.143. The molecule has 0 atom stereocenters. The van der Waals surface area contributed by atoms with Crippen LogP contribution in [-0.2, 0) is 0 Å². The minimum atomic E-state index is -3.05. The van der Waals surface area contributed by atoms with Gasteiger partial charge in [0.2, 0.25) is 0 Å². The van der Waals surface area contributed by atoms with Crippen LogP contribution in [0.4, 0.5) is 14.5 Å². The van der Waals surface area contributed by atoms with E-state index >= 15 is 0 Å². The molecule has 0 aliphatic rings. The number of aromatic carboxylic acids is 1. The van der Waals surface area contributed by atoms with Crippen molar-refractivity contribution < 1.29 is 23.8 Å². The van der Waals surface area contributed by atoms with Crippen LogP contribution < -0.4 is 5.73 Å². The second kappa shape index (κ2) is 3.44. The second-order valence-corrected chi connectivity index (χ2v) is 2.42. The molecule has 0 aromatic carbocycles. The van der Waals surface area contributed by atoms with E-state index in [1.54, 1.807) is 0 Å². The second-order valence-electron chi connectivity index (χ2n) is 2.42. The Kier molecular flexibility index (Phi) is 2.50. The van der Waals surface area contributed by atoms with Gasteiger partial charge < -0.3 is 15.9 Å². The van der Waals surface area contributed by atoms with Gasteiger partial charge >= 0.3 is 5.97 Å². The largest absolute Gasteiger partial charge is 0.504 e. The molecular formula is C7H6F2N2O3. The summed E-state index contributed by atoms with van der Waals surface area (Å²) >= 11 is 0. The summed E-state index contributed by atoms with van der Waals surface area (Å²) in [5, 5.41) is 17.5. The number of aromatic nitrogens is 1. The zero-order valence-electron chi connectivity index (χ0n) is 6.74. The SMILES string of the molecule is Nc1c(O)cnc(C(F)F)c1C(=O)O. The van der Waals surface area contributed by atoms with Crippen LogP contribution >= 0.6 is 0 Å². The summed E-state index contributed by atoms with van der Waals surface area (Å²) in [6.07, 6.45) is -2.37. The lowest BCUT2D eigenvalue weighted by Crippen LogP contribution is -2.09. The number of nitrogens with two attached hydrogens (primary N) is 1. The molecule has 1 aromatic heterocycles. The number of alkyl halides is 2. The van der Waals surface area contributed by atoms with Crippen LogP contribution in [0, 0.1) is 0 Å². The van der Waals surface area contributed by atoms with Crippen molar-refractivity contribution in [3.8, 4) is 5.75 Å². The van der Waals surface area contributed by atoms with E-state index in [0.717, 1.165) is 0 Å². The fourth-order valence-corrected chi connectivity index (χ4v) is 0.921. The Bertz CT molecular complexity index is 381. The maximum absolute atomic E-state index is 12.2. The Morgan fingerprint density at radius 3 is 2.57 bits per heavy atom. The topological polar surface area (TPSA) is 96.4 Å². The third-order valence-corrected chi connectivity index (χ3v) is 1.55. The van der Waals surface area contributed by atoms with Crippen molar-refractivity contribution in [2.45, 2.75) is 6.43 Å². The lowest BCUT2D eigenvalue weighted by molar-refractivity contribution is 0.0683. The molecule has 1 heterocycles. The highest BCUT2D eigenvalue weighted by molar-refractivity contribution is 5.96. The van der Waals surface area contributed by atoms with Gasteiger partial charge in [-0.3, -0.25) is 4.98 Å². The van der Waals surface area contributed by atoms with Crippen LogP contribution in [0.1, 0.15) is 22.5 Å². The number of nitrogen functional groups attached to an aromatic ring is 1. The van der Waals surface area contributed by atoms with Gasteiger partial charge in [-0.15, -0.1) is 0 Å². The number of carboxylic acid groups (broad SMARTS) is 1. The van der Waals surface area contributed by atoms with Crippen LogP contribution in [0.5, 0.6) is 5.75 Å². The molecule has 4 N–H and O–H groups in total. The number of carboxylic acids is 1. The van der Waals surface area contributed by atoms with Gasteiger partial charge in [-0.05, 0) is 0 Å². The van der Waals surface area contributed by atoms with Crippen molar-refractivity contribution in [1.29, 1.82) is 0 Å². The van der Waals surface area contributed by atoms with Gasteiger partial charge in [-0.25, -0.2) is 13.6 Å². The van der Waals surface area contributed by atoms with Gasteiger partial charge in [0, 0.05) is 0 Å². The van der Waals surface area contributed by atoms with Gasteiger partial charge in [0.05, 0.1) is 11.9 Å². The normalized spacial score (nSPS) is 10.5. The molecule has 0 spiro atoms. The van der Waals surface area contributed by atoms with Gasteiger partial charge in [-0.1, -0.05) is 0 Å². The number of aromatic hydroxyl groups is 1. The molecule has 7 heteroatoms. The molecule has 1 rings (SSSR count). The number of rotatable bonds is 2. The van der Waals surface area contributed by atoms with E-state index in [0.29, 0.717) is 6.20 Å². The minimum absolute atomic E-state index is 0.609. The molecule has 5 nitrogen and oxygen atoms in total. The van der Waals surface area contributed by atoms with Crippen molar-refractivity contribution in [3.05, 3.63) is 17.5 Å². The molecule has 0 amide bonds. The molecule has 0 aliphatic heterocycles. The molecule has 0 bridgehead atoms. The van der Waals surface area contributed by atoms with Gasteiger partial charge in [-0.2, -0.15) is 0 Å². The maximum Gasteiger partial charge on any atom is 0.340 e. The summed E-state index contributed by atoms with van der Waals surface area (Å²) in [5.41, 5.74) is 2.70. The summed E-state index contributed by atoms with van der Waals surface area (Å²) in [6.45, 7) is 0. The average Bonchev–Trinajstić information content (AvgIpc) is 2.08. The molecule has 0 aliphatic carbocycles. The Labute approximate surface area is 76.8 Å². The van der Waals surface area contributed by atoms with Crippen molar-refractivity contribution in [2.24, 2.45) is 0 Å². The zero-order chi connectivity index (χ0) is 10.9. The van der Waals surface area contributed by atoms with Crippen LogP contribution in [0.2, 0.25) is 0 Å². The van der Waals surface area contributed by atoms with Crippen LogP contribution in [0.15, 0.2) is 6.20 Å². The first-order valence-electron chi connectivity index (χ1n) is 3.44. The van der Waals surface area contributed by atoms with E-state index in [-0.39, 0.29) is 0 Å². The van der Waals surface area contributed by atoms with Gasteiger partial charge in [0.25, 0.3) is 6.43 Å². The number of hydrogen-bond donors (Lipinski definition) is 3. The predicted octanol–water partition coefficient (Wildman–Crippen LogP) is 1.01. The number of anilines is 1. The van der Waals surface area contributed by atoms with E-state index in [4.69, 9.17) is 15.9 Å². The highest BCUT2D eigenvalue weighted by Crippen LogP contribution is 2.30. The van der Waals surface area contributed by atoms with Crippen LogP contribution in [0.25, 0.3) is 0 Å². The summed E-state index contributed by atoms with van der Waals surface area (Å²) in [6, 6.07) is 0. The Hall–Kier alpha value is -1.92. The predicted molar refractivity (Wildman–Crippen MR) is 42.2 cm³/mol. The monoisotopic (exact) mass is 204 g/mol. The smallest absolute Gasteiger partial charge is 0.340 e. The van der Waals surface area contributed by atoms with E-state index < -0.39 is 35.1 Å². The Morgan fingerprint density at radius 2 is 2.14 bits per heavy atom.